The van der Waals surface area contributed by atoms with Crippen LogP contribution in [0.4, 0.5) is 14.9 Å². The third-order valence-electron chi connectivity index (χ3n) is 3.26. The summed E-state index contributed by atoms with van der Waals surface area (Å²) < 4.78 is 13.7. The third-order valence-corrected chi connectivity index (χ3v) is 3.26. The highest BCUT2D eigenvalue weighted by atomic mass is 19.1. The first kappa shape index (κ1) is 11.9. The number of carbonyl (C=O) groups is 1. The summed E-state index contributed by atoms with van der Waals surface area (Å²) in [5, 5.41) is 9.26. The van der Waals surface area contributed by atoms with Gasteiger partial charge in [0.25, 0.3) is 0 Å². The molecule has 1 aromatic rings. The van der Waals surface area contributed by atoms with Gasteiger partial charge in [-0.25, -0.2) is 9.18 Å². The zero-order chi connectivity index (χ0) is 12.3. The van der Waals surface area contributed by atoms with Gasteiger partial charge >= 0.3 is 6.09 Å². The molecule has 0 unspecified atom stereocenters. The molecule has 0 spiro atoms. The van der Waals surface area contributed by atoms with Crippen molar-refractivity contribution in [3.05, 3.63) is 30.1 Å². The highest BCUT2D eigenvalue weighted by Gasteiger charge is 2.28. The van der Waals surface area contributed by atoms with Crippen LogP contribution in [0.2, 0.25) is 0 Å². The molecule has 3 nitrogen and oxygen atoms in total. The lowest BCUT2D eigenvalue weighted by atomic mass is 9.94. The van der Waals surface area contributed by atoms with Crippen molar-refractivity contribution < 1.29 is 14.3 Å². The number of carboxylic acid groups (broad SMARTS) is 1. The second kappa shape index (κ2) is 5.17. The zero-order valence-corrected chi connectivity index (χ0v) is 9.60. The van der Waals surface area contributed by atoms with Gasteiger partial charge in [0.05, 0.1) is 5.69 Å². The summed E-state index contributed by atoms with van der Waals surface area (Å²) in [5.41, 5.74) is 0.173. The number of amides is 1. The lowest BCUT2D eigenvalue weighted by molar-refractivity contribution is 0.196. The molecule has 0 heterocycles. The number of anilines is 1. The Labute approximate surface area is 99.9 Å². The smallest absolute Gasteiger partial charge is 0.412 e. The quantitative estimate of drug-likeness (QED) is 0.853. The van der Waals surface area contributed by atoms with Gasteiger partial charge in [-0.3, -0.25) is 4.90 Å². The highest BCUT2D eigenvalue weighted by Crippen LogP contribution is 2.29. The van der Waals surface area contributed by atoms with Gasteiger partial charge in [0, 0.05) is 6.04 Å². The van der Waals surface area contributed by atoms with Crippen LogP contribution in [0.25, 0.3) is 0 Å². The molecular weight excluding hydrogens is 221 g/mol. The summed E-state index contributed by atoms with van der Waals surface area (Å²) in [6.07, 6.45) is 3.75. The van der Waals surface area contributed by atoms with E-state index in [1.165, 1.54) is 17.0 Å². The third kappa shape index (κ3) is 2.57. The molecule has 0 aliphatic heterocycles. The molecule has 2 rings (SSSR count). The Morgan fingerprint density at radius 3 is 2.47 bits per heavy atom. The topological polar surface area (TPSA) is 40.5 Å². The van der Waals surface area contributed by atoms with Crippen molar-refractivity contribution in [3.8, 4) is 0 Å². The maximum absolute atomic E-state index is 13.7. The van der Waals surface area contributed by atoms with Crippen LogP contribution in [0.1, 0.15) is 32.1 Å². The van der Waals surface area contributed by atoms with E-state index in [1.807, 2.05) is 0 Å². The maximum Gasteiger partial charge on any atom is 0.412 e. The van der Waals surface area contributed by atoms with Crippen LogP contribution in [-0.2, 0) is 0 Å². The van der Waals surface area contributed by atoms with E-state index < -0.39 is 11.9 Å². The first-order chi connectivity index (χ1) is 8.20. The highest BCUT2D eigenvalue weighted by molar-refractivity contribution is 5.86. The largest absolute Gasteiger partial charge is 0.465 e. The molecule has 0 radical (unpaired) electrons. The molecule has 1 N–H and O–H groups in total. The Balaban J connectivity index is 2.28. The van der Waals surface area contributed by atoms with E-state index in [0.29, 0.717) is 0 Å². The van der Waals surface area contributed by atoms with Gasteiger partial charge in [-0.1, -0.05) is 31.4 Å². The number of hydrogen-bond acceptors (Lipinski definition) is 1. The molecule has 1 saturated carbocycles. The first-order valence-corrected chi connectivity index (χ1v) is 5.97. The minimum atomic E-state index is -1.07. The van der Waals surface area contributed by atoms with Crippen molar-refractivity contribution in [3.63, 3.8) is 0 Å². The van der Waals surface area contributed by atoms with Gasteiger partial charge in [0.15, 0.2) is 0 Å². The van der Waals surface area contributed by atoms with Crippen LogP contribution in [0, 0.1) is 5.82 Å². The Hall–Kier alpha value is -1.58. The van der Waals surface area contributed by atoms with Crippen molar-refractivity contribution in [2.24, 2.45) is 0 Å². The van der Waals surface area contributed by atoms with E-state index >= 15 is 0 Å². The summed E-state index contributed by atoms with van der Waals surface area (Å²) >= 11 is 0. The van der Waals surface area contributed by atoms with Crippen LogP contribution < -0.4 is 4.90 Å². The van der Waals surface area contributed by atoms with Crippen LogP contribution in [0.15, 0.2) is 24.3 Å². The van der Waals surface area contributed by atoms with Gasteiger partial charge in [0.1, 0.15) is 5.82 Å². The monoisotopic (exact) mass is 237 g/mol. The van der Waals surface area contributed by atoms with E-state index in [-0.39, 0.29) is 11.7 Å². The zero-order valence-electron chi connectivity index (χ0n) is 9.60. The van der Waals surface area contributed by atoms with E-state index in [4.69, 9.17) is 0 Å². The van der Waals surface area contributed by atoms with Crippen LogP contribution >= 0.6 is 0 Å². The molecule has 1 amide bonds. The fourth-order valence-electron chi connectivity index (χ4n) is 2.44. The van der Waals surface area contributed by atoms with E-state index in [2.05, 4.69) is 0 Å². The number of benzene rings is 1. The fourth-order valence-corrected chi connectivity index (χ4v) is 2.44. The minimum absolute atomic E-state index is 0.0850. The van der Waals surface area contributed by atoms with E-state index in [9.17, 15) is 14.3 Å². The Kier molecular flexibility index (Phi) is 3.61. The summed E-state index contributed by atoms with van der Waals surface area (Å²) in [6.45, 7) is 0. The van der Waals surface area contributed by atoms with Gasteiger partial charge in [0.2, 0.25) is 0 Å². The molecule has 92 valence electrons. The van der Waals surface area contributed by atoms with Crippen molar-refractivity contribution in [2.45, 2.75) is 38.1 Å². The SMILES string of the molecule is O=C(O)N(c1ccccc1F)C1CCCCC1. The van der Waals surface area contributed by atoms with Crippen LogP contribution in [0.3, 0.4) is 0 Å². The van der Waals surface area contributed by atoms with Gasteiger partial charge in [-0.2, -0.15) is 0 Å². The first-order valence-electron chi connectivity index (χ1n) is 5.97. The van der Waals surface area contributed by atoms with Crippen molar-refractivity contribution in [1.29, 1.82) is 0 Å². The van der Waals surface area contributed by atoms with Gasteiger partial charge in [-0.15, -0.1) is 0 Å². The number of nitrogens with zero attached hydrogens (tertiary/aromatic N) is 1. The normalized spacial score (nSPS) is 16.8. The average Bonchev–Trinajstić information content (AvgIpc) is 2.33. The lowest BCUT2D eigenvalue weighted by Gasteiger charge is -2.32. The number of para-hydroxylation sites is 1. The standard InChI is InChI=1S/C13H16FNO2/c14-11-8-4-5-9-12(11)15(13(16)17)10-6-2-1-3-7-10/h4-5,8-10H,1-3,6-7H2,(H,16,17). The molecule has 1 aliphatic rings. The fraction of sp³-hybridized carbons (Fsp3) is 0.462. The second-order valence-corrected chi connectivity index (χ2v) is 4.40. The summed E-state index contributed by atoms with van der Waals surface area (Å²) in [5.74, 6) is -0.472. The van der Waals surface area contributed by atoms with Crippen molar-refractivity contribution in [1.82, 2.24) is 0 Å². The molecule has 1 aromatic carbocycles. The molecule has 1 fully saturated rings. The lowest BCUT2D eigenvalue weighted by Crippen LogP contribution is -2.41. The molecule has 0 aromatic heterocycles. The Bertz CT molecular complexity index is 402. The number of rotatable bonds is 2. The summed E-state index contributed by atoms with van der Waals surface area (Å²) in [7, 11) is 0. The second-order valence-electron chi connectivity index (χ2n) is 4.40. The predicted molar refractivity (Wildman–Crippen MR) is 63.8 cm³/mol. The molecule has 0 atom stereocenters. The molecule has 0 bridgehead atoms. The maximum atomic E-state index is 13.7. The molecule has 1 aliphatic carbocycles. The molecular formula is C13H16FNO2. The molecule has 17 heavy (non-hydrogen) atoms. The Morgan fingerprint density at radius 1 is 1.24 bits per heavy atom. The average molecular weight is 237 g/mol. The number of hydrogen-bond donors (Lipinski definition) is 1. The van der Waals surface area contributed by atoms with Gasteiger partial charge in [-0.05, 0) is 25.0 Å². The molecule has 0 saturated heterocycles. The van der Waals surface area contributed by atoms with Crippen LogP contribution in [-0.4, -0.2) is 17.2 Å². The van der Waals surface area contributed by atoms with Crippen molar-refractivity contribution in [2.75, 3.05) is 4.90 Å². The van der Waals surface area contributed by atoms with Crippen LogP contribution in [0.5, 0.6) is 0 Å². The number of halogens is 1. The Morgan fingerprint density at radius 2 is 1.88 bits per heavy atom. The van der Waals surface area contributed by atoms with Gasteiger partial charge < -0.3 is 5.11 Å². The van der Waals surface area contributed by atoms with E-state index in [1.54, 1.807) is 12.1 Å². The predicted octanol–water partition coefficient (Wildman–Crippen LogP) is 3.64. The summed E-state index contributed by atoms with van der Waals surface area (Å²) in [4.78, 5) is 12.5. The molecule has 4 heteroatoms. The minimum Gasteiger partial charge on any atom is -0.465 e. The summed E-state index contributed by atoms with van der Waals surface area (Å²) in [6, 6.07) is 5.97. The van der Waals surface area contributed by atoms with E-state index in [0.717, 1.165) is 32.1 Å². The van der Waals surface area contributed by atoms with Crippen molar-refractivity contribution >= 4 is 11.8 Å².